The number of sulfonamides is 1. The van der Waals surface area contributed by atoms with Crippen LogP contribution in [0.15, 0.2) is 23.1 Å². The summed E-state index contributed by atoms with van der Waals surface area (Å²) in [5, 5.41) is 0. The van der Waals surface area contributed by atoms with Crippen LogP contribution in [0.3, 0.4) is 0 Å². The van der Waals surface area contributed by atoms with Crippen molar-refractivity contribution in [3.63, 3.8) is 0 Å². The average molecular weight is 342 g/mol. The van der Waals surface area contributed by atoms with Gasteiger partial charge in [0.15, 0.2) is 0 Å². The maximum atomic E-state index is 12.7. The third-order valence-electron chi connectivity index (χ3n) is 3.92. The molecule has 1 aromatic rings. The van der Waals surface area contributed by atoms with E-state index < -0.39 is 10.0 Å². The predicted molar refractivity (Wildman–Crippen MR) is 96.5 cm³/mol. The van der Waals surface area contributed by atoms with Gasteiger partial charge in [0, 0.05) is 12.0 Å². The largest absolute Gasteiger partial charge is 0.339 e. The van der Waals surface area contributed by atoms with E-state index in [1.54, 1.807) is 0 Å². The molecule has 0 amide bonds. The summed E-state index contributed by atoms with van der Waals surface area (Å²) in [5.41, 5.74) is 1.63. The van der Waals surface area contributed by atoms with Crippen molar-refractivity contribution < 1.29 is 13.3 Å². The summed E-state index contributed by atoms with van der Waals surface area (Å²) in [6.07, 6.45) is 0. The minimum atomic E-state index is -3.50. The van der Waals surface area contributed by atoms with Crippen molar-refractivity contribution in [2.24, 2.45) is 5.41 Å². The van der Waals surface area contributed by atoms with E-state index >= 15 is 0 Å². The van der Waals surface area contributed by atoms with Crippen molar-refractivity contribution in [2.75, 3.05) is 27.2 Å². The highest BCUT2D eigenvalue weighted by atomic mass is 32.2. The Morgan fingerprint density at radius 2 is 1.65 bits per heavy atom. The second-order valence-electron chi connectivity index (χ2n) is 8.60. The van der Waals surface area contributed by atoms with Crippen LogP contribution in [0.2, 0.25) is 0 Å². The van der Waals surface area contributed by atoms with E-state index in [4.69, 9.17) is 0 Å². The normalized spacial score (nSPS) is 13.6. The topological polar surface area (TPSA) is 50.6 Å². The lowest BCUT2D eigenvalue weighted by atomic mass is 9.87. The number of benzene rings is 1. The molecule has 0 radical (unpaired) electrons. The quantitative estimate of drug-likeness (QED) is 0.828. The summed E-state index contributed by atoms with van der Waals surface area (Å²) >= 11 is 0. The molecule has 1 rings (SSSR count). The molecule has 0 aromatic heterocycles. The lowest BCUT2D eigenvalue weighted by molar-refractivity contribution is -0.865. The van der Waals surface area contributed by atoms with Crippen molar-refractivity contribution in [2.45, 2.75) is 51.9 Å². The number of quaternary nitrogens is 1. The molecule has 0 aliphatic heterocycles. The van der Waals surface area contributed by atoms with Gasteiger partial charge < -0.3 is 4.90 Å². The number of rotatable bonds is 6. The molecule has 0 saturated carbocycles. The maximum Gasteiger partial charge on any atom is 0.240 e. The molecule has 23 heavy (non-hydrogen) atoms. The van der Waals surface area contributed by atoms with Gasteiger partial charge in [0.1, 0.15) is 0 Å². The van der Waals surface area contributed by atoms with Crippen LogP contribution >= 0.6 is 0 Å². The van der Waals surface area contributed by atoms with Crippen molar-refractivity contribution in [1.29, 1.82) is 0 Å². The van der Waals surface area contributed by atoms with E-state index in [-0.39, 0.29) is 10.8 Å². The molecule has 0 fully saturated rings. The highest BCUT2D eigenvalue weighted by molar-refractivity contribution is 7.89. The predicted octanol–water partition coefficient (Wildman–Crippen LogP) is 1.74. The summed E-state index contributed by atoms with van der Waals surface area (Å²) in [6.45, 7) is 13.6. The van der Waals surface area contributed by atoms with Crippen molar-refractivity contribution >= 4 is 10.0 Å². The first-order valence-electron chi connectivity index (χ1n) is 8.14. The molecule has 0 aliphatic rings. The van der Waals surface area contributed by atoms with Gasteiger partial charge in [-0.2, -0.15) is 0 Å². The molecule has 132 valence electrons. The van der Waals surface area contributed by atoms with Gasteiger partial charge in [0.05, 0.1) is 25.5 Å². The maximum absolute atomic E-state index is 12.7. The molecular formula is C18H33N2O2S+. The third-order valence-corrected chi connectivity index (χ3v) is 5.46. The van der Waals surface area contributed by atoms with Gasteiger partial charge in [-0.25, -0.2) is 13.1 Å². The standard InChI is InChI=1S/C18H32N2O2S/c1-14-9-10-15(17(2,3)4)11-16(14)23(21,22)19-12-18(5,6)13-20(7)8/h9-11,19H,12-13H2,1-8H3/p+1. The Bertz CT molecular complexity index is 641. The van der Waals surface area contributed by atoms with Crippen molar-refractivity contribution in [3.8, 4) is 0 Å². The second-order valence-corrected chi connectivity index (χ2v) is 10.3. The first kappa shape index (κ1) is 20.1. The molecule has 0 heterocycles. The molecule has 4 nitrogen and oxygen atoms in total. The van der Waals surface area contributed by atoms with Crippen LogP contribution in [-0.2, 0) is 15.4 Å². The third kappa shape index (κ3) is 5.90. The zero-order chi connectivity index (χ0) is 18.1. The summed E-state index contributed by atoms with van der Waals surface area (Å²) in [4.78, 5) is 1.69. The molecule has 0 saturated heterocycles. The fraction of sp³-hybridized carbons (Fsp3) is 0.667. The Morgan fingerprint density at radius 3 is 2.13 bits per heavy atom. The average Bonchev–Trinajstić information content (AvgIpc) is 2.34. The second kappa shape index (κ2) is 6.91. The lowest BCUT2D eigenvalue weighted by Crippen LogP contribution is -3.07. The van der Waals surface area contributed by atoms with Gasteiger partial charge in [0.2, 0.25) is 10.0 Å². The van der Waals surface area contributed by atoms with Gasteiger partial charge in [-0.15, -0.1) is 0 Å². The zero-order valence-corrected chi connectivity index (χ0v) is 16.7. The van der Waals surface area contributed by atoms with Crippen LogP contribution in [0.1, 0.15) is 45.7 Å². The van der Waals surface area contributed by atoms with E-state index in [9.17, 15) is 8.42 Å². The fourth-order valence-corrected chi connectivity index (χ4v) is 4.25. The molecule has 1 aromatic carbocycles. The minimum absolute atomic E-state index is 0.0779. The molecule has 0 unspecified atom stereocenters. The van der Waals surface area contributed by atoms with Gasteiger partial charge in [-0.1, -0.05) is 46.8 Å². The van der Waals surface area contributed by atoms with E-state index in [0.29, 0.717) is 11.4 Å². The minimum Gasteiger partial charge on any atom is -0.339 e. The van der Waals surface area contributed by atoms with Gasteiger partial charge in [-0.05, 0) is 29.5 Å². The number of hydrogen-bond acceptors (Lipinski definition) is 2. The van der Waals surface area contributed by atoms with E-state index in [1.165, 1.54) is 4.90 Å². The summed E-state index contributed by atoms with van der Waals surface area (Å²) < 4.78 is 28.3. The Hall–Kier alpha value is -0.910. The number of aryl methyl sites for hydroxylation is 1. The van der Waals surface area contributed by atoms with Gasteiger partial charge >= 0.3 is 0 Å². The molecule has 5 heteroatoms. The van der Waals surface area contributed by atoms with Crippen LogP contribution in [0.4, 0.5) is 0 Å². The van der Waals surface area contributed by atoms with E-state index in [2.05, 4.69) is 53.4 Å². The molecule has 0 spiro atoms. The Balaban J connectivity index is 3.05. The van der Waals surface area contributed by atoms with Crippen LogP contribution in [0.5, 0.6) is 0 Å². The van der Waals surface area contributed by atoms with Crippen molar-refractivity contribution in [3.05, 3.63) is 29.3 Å². The number of hydrogen-bond donors (Lipinski definition) is 2. The SMILES string of the molecule is Cc1ccc(C(C)(C)C)cc1S(=O)(=O)NCC(C)(C)C[NH+](C)C. The Morgan fingerprint density at radius 1 is 1.09 bits per heavy atom. The van der Waals surface area contributed by atoms with Crippen LogP contribution in [0.25, 0.3) is 0 Å². The van der Waals surface area contributed by atoms with Gasteiger partial charge in [0.25, 0.3) is 0 Å². The van der Waals surface area contributed by atoms with Crippen LogP contribution in [0, 0.1) is 12.3 Å². The first-order chi connectivity index (χ1) is 10.2. The lowest BCUT2D eigenvalue weighted by Gasteiger charge is -2.26. The highest BCUT2D eigenvalue weighted by Gasteiger charge is 2.26. The molecule has 0 bridgehead atoms. The summed E-state index contributed by atoms with van der Waals surface area (Å²) in [5.74, 6) is 0. The number of nitrogens with one attached hydrogen (secondary N) is 2. The van der Waals surface area contributed by atoms with Crippen LogP contribution in [-0.4, -0.2) is 35.6 Å². The van der Waals surface area contributed by atoms with Crippen molar-refractivity contribution in [1.82, 2.24) is 4.72 Å². The Labute approximate surface area is 142 Å². The Kier molecular flexibility index (Phi) is 6.05. The fourth-order valence-electron chi connectivity index (χ4n) is 2.74. The first-order valence-corrected chi connectivity index (χ1v) is 9.63. The monoisotopic (exact) mass is 341 g/mol. The van der Waals surface area contributed by atoms with Crippen LogP contribution < -0.4 is 9.62 Å². The van der Waals surface area contributed by atoms with E-state index in [0.717, 1.165) is 17.7 Å². The zero-order valence-electron chi connectivity index (χ0n) is 15.9. The molecule has 0 aliphatic carbocycles. The summed E-state index contributed by atoms with van der Waals surface area (Å²) in [7, 11) is 0.651. The molecular weight excluding hydrogens is 308 g/mol. The van der Waals surface area contributed by atoms with Gasteiger partial charge in [-0.3, -0.25) is 0 Å². The molecule has 2 N–H and O–H groups in total. The highest BCUT2D eigenvalue weighted by Crippen LogP contribution is 2.26. The summed E-state index contributed by atoms with van der Waals surface area (Å²) in [6, 6.07) is 5.71. The van der Waals surface area contributed by atoms with E-state index in [1.807, 2.05) is 25.1 Å². The molecule has 0 atom stereocenters. The smallest absolute Gasteiger partial charge is 0.240 e.